The number of nitrogens with one attached hydrogen (secondary N) is 1. The quantitative estimate of drug-likeness (QED) is 0.224. The number of aromatic nitrogens is 4. The van der Waals surface area contributed by atoms with Gasteiger partial charge in [0, 0.05) is 41.0 Å². The predicted octanol–water partition coefficient (Wildman–Crippen LogP) is 4.97. The highest BCUT2D eigenvalue weighted by Gasteiger charge is 2.40. The van der Waals surface area contributed by atoms with Crippen LogP contribution in [0.15, 0.2) is 61.3 Å². The number of likely N-dealkylation sites (tertiary alicyclic amines) is 1. The molecule has 1 fully saturated rings. The molecule has 0 radical (unpaired) electrons. The third-order valence-electron chi connectivity index (χ3n) is 8.83. The molecule has 218 valence electrons. The predicted molar refractivity (Wildman–Crippen MR) is 170 cm³/mol. The SMILES string of the molecule is C=CC(=O)Nc1ccn(-c2nc(OCC(S)[C@]3(C)CCCN3C)nc3c2CCN(c2cccc4cccc(C)c24)C3)n1. The summed E-state index contributed by atoms with van der Waals surface area (Å²) in [6.07, 6.45) is 5.97. The van der Waals surface area contributed by atoms with Crippen molar-refractivity contribution in [3.8, 4) is 11.8 Å². The maximum absolute atomic E-state index is 11.9. The van der Waals surface area contributed by atoms with Crippen molar-refractivity contribution < 1.29 is 9.53 Å². The fourth-order valence-corrected chi connectivity index (χ4v) is 6.58. The maximum atomic E-state index is 11.9. The second kappa shape index (κ2) is 11.4. The molecule has 0 aliphatic carbocycles. The van der Waals surface area contributed by atoms with E-state index in [1.807, 2.05) is 0 Å². The van der Waals surface area contributed by atoms with Crippen molar-refractivity contribution in [1.29, 1.82) is 0 Å². The van der Waals surface area contributed by atoms with E-state index >= 15 is 0 Å². The van der Waals surface area contributed by atoms with Crippen LogP contribution < -0.4 is 15.0 Å². The van der Waals surface area contributed by atoms with Gasteiger partial charge >= 0.3 is 6.01 Å². The molecular formula is C32H37N7O2S. The molecule has 4 heterocycles. The van der Waals surface area contributed by atoms with Crippen LogP contribution in [-0.2, 0) is 17.8 Å². The Hall–Kier alpha value is -3.89. The molecule has 1 N–H and O–H groups in total. The van der Waals surface area contributed by atoms with Gasteiger partial charge in [-0.3, -0.25) is 9.69 Å². The van der Waals surface area contributed by atoms with E-state index in [2.05, 4.69) is 84.1 Å². The first-order valence-electron chi connectivity index (χ1n) is 14.4. The van der Waals surface area contributed by atoms with Crippen LogP contribution in [0.1, 0.15) is 36.6 Å². The number of hydrogen-bond acceptors (Lipinski definition) is 8. The zero-order valence-electron chi connectivity index (χ0n) is 24.4. The molecule has 10 heteroatoms. The van der Waals surface area contributed by atoms with Crippen molar-refractivity contribution in [3.05, 3.63) is 78.1 Å². The van der Waals surface area contributed by atoms with Crippen LogP contribution in [0.2, 0.25) is 0 Å². The Labute approximate surface area is 252 Å². The van der Waals surface area contributed by atoms with Gasteiger partial charge in [-0.2, -0.15) is 22.6 Å². The van der Waals surface area contributed by atoms with Crippen LogP contribution >= 0.6 is 12.6 Å². The Morgan fingerprint density at radius 3 is 2.79 bits per heavy atom. The van der Waals surface area contributed by atoms with Gasteiger partial charge in [0.25, 0.3) is 0 Å². The fourth-order valence-electron chi connectivity index (χ4n) is 6.18. The van der Waals surface area contributed by atoms with Crippen molar-refractivity contribution in [2.45, 2.75) is 50.4 Å². The lowest BCUT2D eigenvalue weighted by Crippen LogP contribution is -2.48. The van der Waals surface area contributed by atoms with Gasteiger partial charge in [0.15, 0.2) is 11.6 Å². The number of thiol groups is 1. The summed E-state index contributed by atoms with van der Waals surface area (Å²) in [5, 5.41) is 9.78. The van der Waals surface area contributed by atoms with Gasteiger partial charge in [0.05, 0.1) is 17.5 Å². The first-order chi connectivity index (χ1) is 20.3. The number of rotatable bonds is 8. The topological polar surface area (TPSA) is 88.4 Å². The average Bonchev–Trinajstić information content (AvgIpc) is 3.61. The normalized spacial score (nSPS) is 19.5. The molecule has 0 bridgehead atoms. The number of nitrogens with zero attached hydrogens (tertiary/aromatic N) is 6. The van der Waals surface area contributed by atoms with Crippen molar-refractivity contribution in [1.82, 2.24) is 24.6 Å². The number of amides is 1. The summed E-state index contributed by atoms with van der Waals surface area (Å²) < 4.78 is 7.96. The third kappa shape index (κ3) is 5.25. The van der Waals surface area contributed by atoms with Gasteiger partial charge < -0.3 is 15.0 Å². The van der Waals surface area contributed by atoms with Crippen LogP contribution in [0.3, 0.4) is 0 Å². The number of carbonyl (C=O) groups excluding carboxylic acids is 1. The van der Waals surface area contributed by atoms with E-state index in [-0.39, 0.29) is 16.7 Å². The number of aryl methyl sites for hydroxylation is 1. The summed E-state index contributed by atoms with van der Waals surface area (Å²) in [4.78, 5) is 26.4. The molecule has 1 unspecified atom stereocenters. The second-order valence-electron chi connectivity index (χ2n) is 11.4. The van der Waals surface area contributed by atoms with Gasteiger partial charge in [-0.05, 0) is 69.8 Å². The van der Waals surface area contributed by atoms with E-state index in [9.17, 15) is 4.79 Å². The van der Waals surface area contributed by atoms with Crippen LogP contribution in [0.25, 0.3) is 16.6 Å². The van der Waals surface area contributed by atoms with E-state index < -0.39 is 0 Å². The number of anilines is 2. The highest BCUT2D eigenvalue weighted by atomic mass is 32.1. The minimum Gasteiger partial charge on any atom is -0.462 e. The van der Waals surface area contributed by atoms with Crippen LogP contribution in [0, 0.1) is 6.92 Å². The van der Waals surface area contributed by atoms with E-state index in [0.29, 0.717) is 30.8 Å². The largest absolute Gasteiger partial charge is 0.462 e. The summed E-state index contributed by atoms with van der Waals surface area (Å²) in [5.74, 6) is 0.758. The van der Waals surface area contributed by atoms with Gasteiger partial charge in [0.2, 0.25) is 5.91 Å². The Balaban J connectivity index is 1.35. The fraction of sp³-hybridized carbons (Fsp3) is 0.375. The van der Waals surface area contributed by atoms with Crippen molar-refractivity contribution in [2.24, 2.45) is 0 Å². The molecular weight excluding hydrogens is 546 g/mol. The standard InChI is InChI=1S/C32H37N7O2S/c1-5-28(40)34-27-14-18-39(36-27)30-23-13-17-38(25-12-7-11-22-10-6-9-21(2)29(22)25)19-24(23)33-31(35-30)41-20-26(42)32(3)15-8-16-37(32)4/h5-7,9-12,14,18,26,42H,1,8,13,15-17,19-20H2,2-4H3,(H,34,36,40)/t26?,32-/m0/s1. The maximum Gasteiger partial charge on any atom is 0.318 e. The van der Waals surface area contributed by atoms with E-state index in [0.717, 1.165) is 43.6 Å². The van der Waals surface area contributed by atoms with E-state index in [1.54, 1.807) is 16.9 Å². The summed E-state index contributed by atoms with van der Waals surface area (Å²) in [6.45, 7) is 10.8. The number of fused-ring (bicyclic) bond motifs is 2. The first kappa shape index (κ1) is 28.2. The van der Waals surface area contributed by atoms with Gasteiger partial charge in [-0.1, -0.05) is 36.9 Å². The molecule has 0 spiro atoms. The summed E-state index contributed by atoms with van der Waals surface area (Å²) in [6, 6.07) is 14.9. The van der Waals surface area contributed by atoms with Crippen LogP contribution in [-0.4, -0.2) is 68.1 Å². The molecule has 2 aliphatic rings. The Bertz CT molecular complexity index is 1650. The Morgan fingerprint density at radius 2 is 2.02 bits per heavy atom. The molecule has 9 nitrogen and oxygen atoms in total. The van der Waals surface area contributed by atoms with E-state index in [4.69, 9.17) is 27.3 Å². The van der Waals surface area contributed by atoms with Crippen LogP contribution in [0.5, 0.6) is 6.01 Å². The minimum absolute atomic E-state index is 0.00587. The van der Waals surface area contributed by atoms with Gasteiger partial charge in [0.1, 0.15) is 6.61 Å². The lowest BCUT2D eigenvalue weighted by molar-refractivity contribution is -0.111. The smallest absolute Gasteiger partial charge is 0.318 e. The molecule has 1 amide bonds. The highest BCUT2D eigenvalue weighted by Crippen LogP contribution is 2.36. The van der Waals surface area contributed by atoms with Crippen molar-refractivity contribution >= 4 is 40.8 Å². The molecule has 4 aromatic rings. The van der Waals surface area contributed by atoms with Gasteiger partial charge in [-0.25, -0.2) is 4.68 Å². The number of carbonyl (C=O) groups is 1. The first-order valence-corrected chi connectivity index (χ1v) is 14.9. The average molecular weight is 584 g/mol. The van der Waals surface area contributed by atoms with Gasteiger partial charge in [-0.15, -0.1) is 5.10 Å². The summed E-state index contributed by atoms with van der Waals surface area (Å²) >= 11 is 4.95. The Morgan fingerprint density at radius 1 is 1.21 bits per heavy atom. The molecule has 0 saturated carbocycles. The zero-order chi connectivity index (χ0) is 29.4. The second-order valence-corrected chi connectivity index (χ2v) is 12.0. The number of ether oxygens (including phenoxy) is 1. The molecule has 1 saturated heterocycles. The molecule has 2 atom stereocenters. The monoisotopic (exact) mass is 583 g/mol. The molecule has 2 aliphatic heterocycles. The van der Waals surface area contributed by atoms with Crippen molar-refractivity contribution in [3.63, 3.8) is 0 Å². The number of hydrogen-bond donors (Lipinski definition) is 2. The van der Waals surface area contributed by atoms with E-state index in [1.165, 1.54) is 28.1 Å². The minimum atomic E-state index is -0.319. The van der Waals surface area contributed by atoms with Crippen LogP contribution in [0.4, 0.5) is 11.5 Å². The molecule has 6 rings (SSSR count). The van der Waals surface area contributed by atoms with Crippen molar-refractivity contribution in [2.75, 3.05) is 37.0 Å². The zero-order valence-corrected chi connectivity index (χ0v) is 25.3. The third-order valence-corrected chi connectivity index (χ3v) is 9.54. The lowest BCUT2D eigenvalue weighted by Gasteiger charge is -2.37. The number of benzene rings is 2. The lowest BCUT2D eigenvalue weighted by atomic mass is 9.95. The molecule has 2 aromatic heterocycles. The summed E-state index contributed by atoms with van der Waals surface area (Å²) in [5.41, 5.74) is 4.31. The highest BCUT2D eigenvalue weighted by molar-refractivity contribution is 7.81. The molecule has 42 heavy (non-hydrogen) atoms. The molecule has 2 aromatic carbocycles. The summed E-state index contributed by atoms with van der Waals surface area (Å²) in [7, 11) is 2.15. The Kier molecular flexibility index (Phi) is 7.67.